The minimum Gasteiger partial charge on any atom is -0.354 e. The molecule has 2 aliphatic heterocycles. The van der Waals surface area contributed by atoms with Crippen LogP contribution in [0.1, 0.15) is 11.1 Å². The van der Waals surface area contributed by atoms with Crippen molar-refractivity contribution in [2.45, 2.75) is 22.6 Å². The van der Waals surface area contributed by atoms with Crippen molar-refractivity contribution >= 4 is 43.3 Å². The van der Waals surface area contributed by atoms with E-state index < -0.39 is 26.1 Å². The van der Waals surface area contributed by atoms with Crippen LogP contribution in [-0.2, 0) is 36.1 Å². The van der Waals surface area contributed by atoms with Crippen LogP contribution in [-0.4, -0.2) is 90.7 Å². The number of primary sulfonamides is 1. The molecule has 0 spiro atoms. The zero-order valence-electron chi connectivity index (χ0n) is 24.3. The third-order valence-electron chi connectivity index (χ3n) is 7.32. The Balaban J connectivity index is 1.10. The normalized spacial score (nSPS) is 16.4. The molecule has 2 fully saturated rings. The summed E-state index contributed by atoms with van der Waals surface area (Å²) in [6.45, 7) is 4.87. The first kappa shape index (κ1) is 32.5. The Kier molecular flexibility index (Phi) is 10.1. The van der Waals surface area contributed by atoms with Crippen LogP contribution in [0, 0.1) is 5.41 Å². The number of amides is 2. The lowest BCUT2D eigenvalue weighted by atomic mass is 10.1. The number of nitrogens with zero attached hydrogens (tertiary/aromatic N) is 2. The molecule has 0 aromatic heterocycles. The molecule has 240 valence electrons. The number of rotatable bonds is 10. The maximum Gasteiger partial charge on any atom is 0.323 e. The lowest BCUT2D eigenvalue weighted by Gasteiger charge is -2.36. The van der Waals surface area contributed by atoms with Gasteiger partial charge < -0.3 is 25.0 Å². The van der Waals surface area contributed by atoms with Crippen molar-refractivity contribution < 1.29 is 31.1 Å². The van der Waals surface area contributed by atoms with Crippen molar-refractivity contribution in [1.82, 2.24) is 14.5 Å². The van der Waals surface area contributed by atoms with Gasteiger partial charge in [-0.1, -0.05) is 24.3 Å². The third kappa shape index (κ3) is 8.85. The summed E-state index contributed by atoms with van der Waals surface area (Å²) in [4.78, 5) is 16.9. The number of hydrogen-bond donors (Lipinski definition) is 5. The zero-order chi connectivity index (χ0) is 32.0. The minimum atomic E-state index is -3.88. The Hall–Kier alpha value is -3.90. The van der Waals surface area contributed by atoms with E-state index in [1.807, 2.05) is 11.0 Å². The van der Waals surface area contributed by atoms with Gasteiger partial charge in [-0.15, -0.1) is 0 Å². The van der Waals surface area contributed by atoms with Gasteiger partial charge in [0.1, 0.15) is 5.84 Å². The number of anilines is 2. The molecule has 5 rings (SSSR count). The Morgan fingerprint density at radius 3 is 2.11 bits per heavy atom. The minimum absolute atomic E-state index is 0.0122. The van der Waals surface area contributed by atoms with Gasteiger partial charge in [0, 0.05) is 56.2 Å². The number of carbonyl (C=O) groups excluding carboxylic acids is 1. The highest BCUT2D eigenvalue weighted by atomic mass is 32.2. The summed E-state index contributed by atoms with van der Waals surface area (Å²) in [6, 6.07) is 17.7. The molecule has 0 saturated carbocycles. The Bertz CT molecular complexity index is 1720. The molecule has 2 aliphatic rings. The molecule has 0 radical (unpaired) electrons. The summed E-state index contributed by atoms with van der Waals surface area (Å²) < 4.78 is 61.8. The SMILES string of the molecule is N=C(c1cccc(NC(=O)Nc2ccc(S(=O)(=O)NCc3ccc(S(N)(=O)=O)cc3)cc2)c1)N1CCN(CC2OCCO2)CC1. The van der Waals surface area contributed by atoms with Crippen molar-refractivity contribution in [1.29, 1.82) is 5.41 Å². The van der Waals surface area contributed by atoms with Crippen molar-refractivity contribution in [3.8, 4) is 0 Å². The fraction of sp³-hybridized carbons (Fsp3) is 0.310. The van der Waals surface area contributed by atoms with Crippen LogP contribution in [0.2, 0.25) is 0 Å². The molecule has 45 heavy (non-hydrogen) atoms. The van der Waals surface area contributed by atoms with E-state index in [4.69, 9.17) is 20.0 Å². The highest BCUT2D eigenvalue weighted by Crippen LogP contribution is 2.18. The van der Waals surface area contributed by atoms with Gasteiger partial charge in [-0.2, -0.15) is 0 Å². The number of carbonyl (C=O) groups is 1. The van der Waals surface area contributed by atoms with Gasteiger partial charge >= 0.3 is 6.03 Å². The van der Waals surface area contributed by atoms with E-state index in [1.165, 1.54) is 48.5 Å². The number of urea groups is 1. The number of sulfonamides is 2. The van der Waals surface area contributed by atoms with Crippen molar-refractivity contribution in [2.75, 3.05) is 56.6 Å². The maximum atomic E-state index is 12.7. The van der Waals surface area contributed by atoms with Crippen molar-refractivity contribution in [2.24, 2.45) is 5.14 Å². The number of nitrogens with one attached hydrogen (secondary N) is 4. The molecular formula is C29H35N7O7S2. The van der Waals surface area contributed by atoms with E-state index in [1.54, 1.807) is 18.2 Å². The number of amidine groups is 1. The first-order valence-corrected chi connectivity index (χ1v) is 17.2. The molecule has 2 heterocycles. The molecule has 2 saturated heterocycles. The maximum absolute atomic E-state index is 12.7. The lowest BCUT2D eigenvalue weighted by molar-refractivity contribution is -0.0655. The quantitative estimate of drug-likeness (QED) is 0.159. The smallest absolute Gasteiger partial charge is 0.323 e. The number of hydrogen-bond acceptors (Lipinski definition) is 9. The molecule has 0 unspecified atom stereocenters. The van der Waals surface area contributed by atoms with E-state index >= 15 is 0 Å². The molecule has 3 aromatic rings. The monoisotopic (exact) mass is 657 g/mol. The molecule has 3 aromatic carbocycles. The summed E-state index contributed by atoms with van der Waals surface area (Å²) >= 11 is 0. The van der Waals surface area contributed by atoms with E-state index in [0.717, 1.165) is 13.1 Å². The van der Waals surface area contributed by atoms with Gasteiger partial charge in [0.2, 0.25) is 20.0 Å². The van der Waals surface area contributed by atoms with Crippen LogP contribution >= 0.6 is 0 Å². The van der Waals surface area contributed by atoms with Crippen LogP contribution < -0.4 is 20.5 Å². The van der Waals surface area contributed by atoms with Gasteiger partial charge in [-0.3, -0.25) is 10.3 Å². The highest BCUT2D eigenvalue weighted by molar-refractivity contribution is 7.89. The standard InChI is InChI=1S/C29H35N7O7S2/c30-28(36-14-12-35(13-15-36)20-27-42-16-17-43-27)22-2-1-3-24(18-22)34-29(37)33-23-6-10-26(11-7-23)45(40,41)32-19-21-4-8-25(9-5-21)44(31,38)39/h1-11,18,27,30,32H,12-17,19-20H2,(H2,31,38,39)(H2,33,34,37). The largest absolute Gasteiger partial charge is 0.354 e. The molecule has 0 atom stereocenters. The predicted molar refractivity (Wildman–Crippen MR) is 168 cm³/mol. The molecule has 16 heteroatoms. The van der Waals surface area contributed by atoms with Gasteiger partial charge in [-0.25, -0.2) is 31.5 Å². The van der Waals surface area contributed by atoms with Gasteiger partial charge in [-0.05, 0) is 54.1 Å². The molecule has 14 nitrogen and oxygen atoms in total. The van der Waals surface area contributed by atoms with Crippen LogP contribution in [0.3, 0.4) is 0 Å². The average molecular weight is 658 g/mol. The lowest BCUT2D eigenvalue weighted by Crippen LogP contribution is -2.50. The summed E-state index contributed by atoms with van der Waals surface area (Å²) in [5.41, 5.74) is 2.10. The third-order valence-corrected chi connectivity index (χ3v) is 9.67. The molecule has 0 aliphatic carbocycles. The first-order valence-electron chi connectivity index (χ1n) is 14.2. The van der Waals surface area contributed by atoms with E-state index in [2.05, 4.69) is 20.3 Å². The number of ether oxygens (including phenoxy) is 2. The van der Waals surface area contributed by atoms with Crippen molar-refractivity contribution in [3.63, 3.8) is 0 Å². The summed E-state index contributed by atoms with van der Waals surface area (Å²) in [5.74, 6) is 0.373. The van der Waals surface area contributed by atoms with Crippen LogP contribution in [0.15, 0.2) is 82.6 Å². The summed E-state index contributed by atoms with van der Waals surface area (Å²) in [7, 11) is -7.72. The molecule has 0 bridgehead atoms. The first-order chi connectivity index (χ1) is 21.5. The Labute approximate surface area is 262 Å². The van der Waals surface area contributed by atoms with Crippen LogP contribution in [0.25, 0.3) is 0 Å². The fourth-order valence-electron chi connectivity index (χ4n) is 4.87. The second-order valence-corrected chi connectivity index (χ2v) is 13.8. The topological polar surface area (TPSA) is 196 Å². The number of piperazine rings is 1. The number of nitrogens with two attached hydrogens (primary N) is 1. The van der Waals surface area contributed by atoms with Gasteiger partial charge in [0.05, 0.1) is 23.0 Å². The second-order valence-electron chi connectivity index (χ2n) is 10.5. The number of benzene rings is 3. The van der Waals surface area contributed by atoms with E-state index in [0.29, 0.717) is 61.2 Å². The Morgan fingerprint density at radius 2 is 1.47 bits per heavy atom. The molecule has 6 N–H and O–H groups in total. The summed E-state index contributed by atoms with van der Waals surface area (Å²) in [5, 5.41) is 19.2. The molecule has 2 amide bonds. The van der Waals surface area contributed by atoms with Crippen LogP contribution in [0.5, 0.6) is 0 Å². The second kappa shape index (κ2) is 14.0. The summed E-state index contributed by atoms with van der Waals surface area (Å²) in [6.07, 6.45) is -0.184. The average Bonchev–Trinajstić information content (AvgIpc) is 3.53. The van der Waals surface area contributed by atoms with E-state index in [-0.39, 0.29) is 22.6 Å². The van der Waals surface area contributed by atoms with Crippen LogP contribution in [0.4, 0.5) is 16.2 Å². The zero-order valence-corrected chi connectivity index (χ0v) is 25.9. The molecular weight excluding hydrogens is 622 g/mol. The van der Waals surface area contributed by atoms with Gasteiger partial charge in [0.25, 0.3) is 0 Å². The predicted octanol–water partition coefficient (Wildman–Crippen LogP) is 1.77. The van der Waals surface area contributed by atoms with Crippen molar-refractivity contribution in [3.05, 3.63) is 83.9 Å². The fourth-order valence-corrected chi connectivity index (χ4v) is 6.41. The Morgan fingerprint density at radius 1 is 0.844 bits per heavy atom. The van der Waals surface area contributed by atoms with E-state index in [9.17, 15) is 21.6 Å². The highest BCUT2D eigenvalue weighted by Gasteiger charge is 2.25. The van der Waals surface area contributed by atoms with Gasteiger partial charge in [0.15, 0.2) is 6.29 Å².